The second-order valence-electron chi connectivity index (χ2n) is 17.0. The Morgan fingerprint density at radius 2 is 1.31 bits per heavy atom. The van der Waals surface area contributed by atoms with Gasteiger partial charge in [0.25, 0.3) is 0 Å². The summed E-state index contributed by atoms with van der Waals surface area (Å²) in [5, 5.41) is 8.96. The van der Waals surface area contributed by atoms with Gasteiger partial charge < -0.3 is 0 Å². The Morgan fingerprint density at radius 1 is 0.672 bits per heavy atom. The molecule has 0 aliphatic heterocycles. The second kappa shape index (κ2) is 16.0. The average Bonchev–Trinajstić information content (AvgIpc) is 3.69. The van der Waals surface area contributed by atoms with E-state index in [2.05, 4.69) is 215 Å². The zero-order valence-corrected chi connectivity index (χ0v) is 35.9. The Morgan fingerprint density at radius 3 is 2.02 bits per heavy atom. The Bertz CT molecular complexity index is 3310. The van der Waals surface area contributed by atoms with Gasteiger partial charge in [-0.2, -0.15) is 0 Å². The first kappa shape index (κ1) is 38.4. The minimum absolute atomic E-state index is 0.176. The summed E-state index contributed by atoms with van der Waals surface area (Å²) in [6.07, 6.45) is 21.6. The van der Waals surface area contributed by atoms with Crippen molar-refractivity contribution in [2.45, 2.75) is 53.9 Å². The predicted molar refractivity (Wildman–Crippen MR) is 263 cm³/mol. The van der Waals surface area contributed by atoms with E-state index >= 15 is 0 Å². The Balaban J connectivity index is 1.19. The van der Waals surface area contributed by atoms with Crippen molar-refractivity contribution in [3.8, 4) is 22.3 Å². The largest absolute Gasteiger partial charge is 0.295 e. The first-order chi connectivity index (χ1) is 29.9. The zero-order chi connectivity index (χ0) is 41.6. The lowest BCUT2D eigenvalue weighted by Crippen LogP contribution is -2.32. The van der Waals surface area contributed by atoms with Crippen LogP contribution in [0.4, 0.5) is 0 Å². The summed E-state index contributed by atoms with van der Waals surface area (Å²) < 4.78 is 2.44. The molecular formula is C59H52N2. The molecule has 298 valence electrons. The predicted octanol–water partition coefficient (Wildman–Crippen LogP) is 14.2. The molecule has 0 fully saturated rings. The van der Waals surface area contributed by atoms with Gasteiger partial charge in [-0.25, -0.2) is 4.98 Å². The summed E-state index contributed by atoms with van der Waals surface area (Å²) in [4.78, 5) is 5.44. The van der Waals surface area contributed by atoms with E-state index in [0.717, 1.165) is 30.6 Å². The number of imidazole rings is 1. The highest BCUT2D eigenvalue weighted by Crippen LogP contribution is 2.39. The molecule has 0 saturated carbocycles. The van der Waals surface area contributed by atoms with Crippen LogP contribution in [-0.4, -0.2) is 9.38 Å². The summed E-state index contributed by atoms with van der Waals surface area (Å²) in [5.74, 6) is 0.521. The first-order valence-electron chi connectivity index (χ1n) is 22.0. The van der Waals surface area contributed by atoms with Crippen LogP contribution < -0.4 is 10.4 Å². The molecule has 2 nitrogen and oxygen atoms in total. The molecule has 0 bridgehead atoms. The SMILES string of the molecule is C/C=C\C=C(/C)C1=CC=C(c2c(=C/C(C)C3=Cc4nc5c6ccccc6c6ccccc6n5c4C[C@@H]3C)/c(=C\C)c(-c3ccc(-c4ccccc4)cc3)c3ccccc23)CC1. The van der Waals surface area contributed by atoms with Gasteiger partial charge >= 0.3 is 0 Å². The number of para-hydroxylation sites is 1. The molecule has 2 atom stereocenters. The van der Waals surface area contributed by atoms with E-state index in [9.17, 15) is 0 Å². The van der Waals surface area contributed by atoms with Crippen LogP contribution in [0.5, 0.6) is 0 Å². The number of pyridine rings is 1. The van der Waals surface area contributed by atoms with Gasteiger partial charge in [-0.15, -0.1) is 0 Å². The van der Waals surface area contributed by atoms with Crippen LogP contribution in [0, 0.1) is 11.8 Å². The average molecular weight is 789 g/mol. The van der Waals surface area contributed by atoms with Crippen molar-refractivity contribution in [1.82, 2.24) is 9.38 Å². The van der Waals surface area contributed by atoms with E-state index in [1.165, 1.54) is 98.7 Å². The van der Waals surface area contributed by atoms with Crippen molar-refractivity contribution in [3.63, 3.8) is 0 Å². The smallest absolute Gasteiger partial charge is 0.146 e. The molecule has 0 amide bonds. The molecule has 61 heavy (non-hydrogen) atoms. The van der Waals surface area contributed by atoms with Crippen molar-refractivity contribution < 1.29 is 0 Å². The molecule has 6 aromatic carbocycles. The molecule has 2 aromatic heterocycles. The second-order valence-corrected chi connectivity index (χ2v) is 17.0. The van der Waals surface area contributed by atoms with E-state index < -0.39 is 0 Å². The number of aromatic nitrogens is 2. The third-order valence-corrected chi connectivity index (χ3v) is 13.3. The van der Waals surface area contributed by atoms with Gasteiger partial charge in [0.15, 0.2) is 0 Å². The summed E-state index contributed by atoms with van der Waals surface area (Å²) in [5.41, 5.74) is 16.6. The quantitative estimate of drug-likeness (QED) is 0.116. The highest BCUT2D eigenvalue weighted by atomic mass is 15.0. The van der Waals surface area contributed by atoms with Crippen molar-refractivity contribution in [1.29, 1.82) is 0 Å². The van der Waals surface area contributed by atoms with E-state index in [-0.39, 0.29) is 5.92 Å². The summed E-state index contributed by atoms with van der Waals surface area (Å²) >= 11 is 0. The van der Waals surface area contributed by atoms with E-state index in [1.807, 2.05) is 0 Å². The van der Waals surface area contributed by atoms with Gasteiger partial charge in [-0.3, -0.25) is 4.40 Å². The van der Waals surface area contributed by atoms with Crippen LogP contribution >= 0.6 is 0 Å². The topological polar surface area (TPSA) is 17.3 Å². The van der Waals surface area contributed by atoms with Crippen LogP contribution in [0.25, 0.3) is 84.1 Å². The fourth-order valence-electron chi connectivity index (χ4n) is 10.3. The molecule has 0 N–H and O–H groups in total. The fraction of sp³-hybridized carbons (Fsp3) is 0.169. The van der Waals surface area contributed by atoms with Crippen LogP contribution in [0.3, 0.4) is 0 Å². The van der Waals surface area contributed by atoms with E-state index in [4.69, 9.17) is 4.98 Å². The van der Waals surface area contributed by atoms with Crippen molar-refractivity contribution in [2.24, 2.45) is 11.8 Å². The number of benzene rings is 6. The summed E-state index contributed by atoms with van der Waals surface area (Å²) in [7, 11) is 0. The van der Waals surface area contributed by atoms with Crippen LogP contribution in [-0.2, 0) is 6.42 Å². The molecule has 10 rings (SSSR count). The number of rotatable bonds is 7. The molecule has 0 saturated heterocycles. The molecule has 0 spiro atoms. The van der Waals surface area contributed by atoms with Gasteiger partial charge in [0.2, 0.25) is 0 Å². The van der Waals surface area contributed by atoms with Crippen LogP contribution in [0.1, 0.15) is 64.4 Å². The minimum atomic E-state index is 0.176. The summed E-state index contributed by atoms with van der Waals surface area (Å²) in [6.45, 7) is 11.4. The Hall–Kier alpha value is -6.77. The van der Waals surface area contributed by atoms with Crippen LogP contribution in [0.2, 0.25) is 0 Å². The minimum Gasteiger partial charge on any atom is -0.295 e. The van der Waals surface area contributed by atoms with Gasteiger partial charge in [-0.1, -0.05) is 183 Å². The van der Waals surface area contributed by atoms with Gasteiger partial charge in [-0.05, 0) is 135 Å². The number of hydrogen-bond donors (Lipinski definition) is 0. The lowest BCUT2D eigenvalue weighted by Gasteiger charge is -2.25. The third kappa shape index (κ3) is 6.72. The Labute approximate surface area is 359 Å². The lowest BCUT2D eigenvalue weighted by molar-refractivity contribution is 0.605. The van der Waals surface area contributed by atoms with E-state index in [1.54, 1.807) is 0 Å². The number of allylic oxidation sites excluding steroid dienone is 9. The molecule has 1 unspecified atom stereocenters. The third-order valence-electron chi connectivity index (χ3n) is 13.3. The molecule has 2 aliphatic carbocycles. The van der Waals surface area contributed by atoms with Gasteiger partial charge in [0, 0.05) is 10.8 Å². The first-order valence-corrected chi connectivity index (χ1v) is 22.0. The lowest BCUT2D eigenvalue weighted by atomic mass is 9.80. The van der Waals surface area contributed by atoms with Crippen molar-refractivity contribution >= 4 is 61.9 Å². The maximum atomic E-state index is 5.44. The number of fused-ring (bicyclic) bond motifs is 9. The van der Waals surface area contributed by atoms with E-state index in [0.29, 0.717) is 5.92 Å². The maximum Gasteiger partial charge on any atom is 0.146 e. The normalized spacial score (nSPS) is 17.0. The van der Waals surface area contributed by atoms with Gasteiger partial charge in [0.05, 0.1) is 16.9 Å². The molecule has 8 aromatic rings. The number of hydrogen-bond acceptors (Lipinski definition) is 1. The molecule has 0 radical (unpaired) electrons. The standard InChI is InChI=1S/C59H52N2/c1-6-8-18-38(3)41-27-31-45(32-28-41)58-50-24-14-13-23-49(50)57(44-33-29-43(30-34-44)42-19-10-9-11-20-42)46(7-2)53(58)35-39(4)52-37-54-56(36-40(52)5)61-55-26-17-16-22-48(55)47-21-12-15-25-51(47)59(61)60-54/h6-27,29-31,33-35,37,39-40H,28,32,36H2,1-5H3/b8-6-,38-18+,46-7+,53-35+/t39?,40-/m0/s1. The molecular weight excluding hydrogens is 737 g/mol. The highest BCUT2D eigenvalue weighted by Gasteiger charge is 2.27. The molecule has 2 heterocycles. The maximum absolute atomic E-state index is 5.44. The fourth-order valence-corrected chi connectivity index (χ4v) is 10.3. The highest BCUT2D eigenvalue weighted by molar-refractivity contribution is 6.12. The van der Waals surface area contributed by atoms with Crippen molar-refractivity contribution in [2.75, 3.05) is 0 Å². The summed E-state index contributed by atoms with van der Waals surface area (Å²) in [6, 6.07) is 46.6. The number of nitrogens with zero attached hydrogens (tertiary/aromatic N) is 2. The van der Waals surface area contributed by atoms with Crippen molar-refractivity contribution in [3.05, 3.63) is 202 Å². The van der Waals surface area contributed by atoms with Gasteiger partial charge in [0.1, 0.15) is 5.65 Å². The molecule has 2 heteroatoms. The zero-order valence-electron chi connectivity index (χ0n) is 35.9. The molecule has 2 aliphatic rings. The Kier molecular flexibility index (Phi) is 10.1. The van der Waals surface area contributed by atoms with Crippen LogP contribution in [0.15, 0.2) is 174 Å². The monoisotopic (exact) mass is 788 g/mol.